The lowest BCUT2D eigenvalue weighted by Gasteiger charge is -2.57. The van der Waals surface area contributed by atoms with Crippen LogP contribution in [0.5, 0.6) is 5.75 Å². The van der Waals surface area contributed by atoms with E-state index in [1.165, 1.54) is 32.1 Å². The average Bonchev–Trinajstić information content (AvgIpc) is 2.93. The maximum absolute atomic E-state index is 6.28. The average molecular weight is 277 g/mol. The Morgan fingerprint density at radius 3 is 2.70 bits per heavy atom. The molecule has 1 heterocycles. The number of rotatable bonds is 4. The van der Waals surface area contributed by atoms with Crippen molar-refractivity contribution >= 4 is 0 Å². The molecule has 2 saturated carbocycles. The second-order valence-electron chi connectivity index (χ2n) is 6.73. The standard InChI is InChI=1S/C16H27N3O/c1-12(2)19-11-13(10-18-19)20-15-9-14(17-3)16(15)7-5-4-6-8-16/h10-12,14-15,17H,4-9H2,1-3H3. The molecule has 20 heavy (non-hydrogen) atoms. The zero-order valence-electron chi connectivity index (χ0n) is 12.9. The van der Waals surface area contributed by atoms with E-state index in [0.29, 0.717) is 23.6 Å². The van der Waals surface area contributed by atoms with Crippen molar-refractivity contribution in [3.63, 3.8) is 0 Å². The second kappa shape index (κ2) is 5.40. The molecule has 1 N–H and O–H groups in total. The Balaban J connectivity index is 1.70. The van der Waals surface area contributed by atoms with Crippen molar-refractivity contribution in [1.82, 2.24) is 15.1 Å². The van der Waals surface area contributed by atoms with E-state index in [4.69, 9.17) is 4.74 Å². The molecule has 0 radical (unpaired) electrons. The third kappa shape index (κ3) is 2.24. The summed E-state index contributed by atoms with van der Waals surface area (Å²) in [6, 6.07) is 1.02. The number of hydrogen-bond donors (Lipinski definition) is 1. The first kappa shape index (κ1) is 13.9. The lowest BCUT2D eigenvalue weighted by molar-refractivity contribution is -0.100. The first-order valence-electron chi connectivity index (χ1n) is 8.04. The minimum absolute atomic E-state index is 0.366. The van der Waals surface area contributed by atoms with E-state index >= 15 is 0 Å². The molecule has 4 nitrogen and oxygen atoms in total. The summed E-state index contributed by atoms with van der Waals surface area (Å²) in [5.41, 5.74) is 0.368. The van der Waals surface area contributed by atoms with Gasteiger partial charge in [0.15, 0.2) is 5.75 Å². The van der Waals surface area contributed by atoms with Gasteiger partial charge in [-0.15, -0.1) is 0 Å². The molecule has 2 atom stereocenters. The fraction of sp³-hybridized carbons (Fsp3) is 0.812. The first-order valence-corrected chi connectivity index (χ1v) is 8.04. The van der Waals surface area contributed by atoms with Crippen LogP contribution < -0.4 is 10.1 Å². The van der Waals surface area contributed by atoms with Crippen molar-refractivity contribution in [2.75, 3.05) is 7.05 Å². The highest BCUT2D eigenvalue weighted by atomic mass is 16.5. The maximum Gasteiger partial charge on any atom is 0.157 e. The number of ether oxygens (including phenoxy) is 1. The third-order valence-electron chi connectivity index (χ3n) is 5.30. The minimum Gasteiger partial charge on any atom is -0.486 e. The van der Waals surface area contributed by atoms with Gasteiger partial charge in [0.25, 0.3) is 0 Å². The van der Waals surface area contributed by atoms with E-state index in [-0.39, 0.29) is 0 Å². The molecule has 0 bridgehead atoms. The maximum atomic E-state index is 6.28. The number of nitrogens with zero attached hydrogens (tertiary/aromatic N) is 2. The van der Waals surface area contributed by atoms with Gasteiger partial charge in [0.05, 0.1) is 12.4 Å². The van der Waals surface area contributed by atoms with Crippen LogP contribution in [0, 0.1) is 5.41 Å². The Morgan fingerprint density at radius 1 is 1.35 bits per heavy atom. The predicted molar refractivity (Wildman–Crippen MR) is 80.0 cm³/mol. The van der Waals surface area contributed by atoms with Crippen LogP contribution in [0.2, 0.25) is 0 Å². The van der Waals surface area contributed by atoms with Gasteiger partial charge < -0.3 is 10.1 Å². The molecule has 2 unspecified atom stereocenters. The van der Waals surface area contributed by atoms with Gasteiger partial charge in [-0.2, -0.15) is 5.10 Å². The van der Waals surface area contributed by atoms with Gasteiger partial charge in [0.2, 0.25) is 0 Å². The topological polar surface area (TPSA) is 39.1 Å². The molecule has 2 aliphatic carbocycles. The lowest BCUT2D eigenvalue weighted by Crippen LogP contribution is -2.64. The van der Waals surface area contributed by atoms with Crippen molar-refractivity contribution in [2.24, 2.45) is 5.41 Å². The molecular weight excluding hydrogens is 250 g/mol. The fourth-order valence-electron chi connectivity index (χ4n) is 4.03. The second-order valence-corrected chi connectivity index (χ2v) is 6.73. The highest BCUT2D eigenvalue weighted by Crippen LogP contribution is 2.53. The van der Waals surface area contributed by atoms with E-state index in [1.807, 2.05) is 17.1 Å². The number of nitrogens with one attached hydrogen (secondary N) is 1. The van der Waals surface area contributed by atoms with Gasteiger partial charge in [0, 0.05) is 23.9 Å². The predicted octanol–water partition coefficient (Wildman–Crippen LogP) is 3.15. The Kier molecular flexibility index (Phi) is 3.76. The van der Waals surface area contributed by atoms with Crippen LogP contribution in [-0.4, -0.2) is 29.0 Å². The van der Waals surface area contributed by atoms with Gasteiger partial charge in [-0.25, -0.2) is 0 Å². The van der Waals surface area contributed by atoms with Crippen molar-refractivity contribution in [3.8, 4) is 5.75 Å². The largest absolute Gasteiger partial charge is 0.486 e. The van der Waals surface area contributed by atoms with E-state index < -0.39 is 0 Å². The highest BCUT2D eigenvalue weighted by molar-refractivity contribution is 5.17. The van der Waals surface area contributed by atoms with Gasteiger partial charge >= 0.3 is 0 Å². The van der Waals surface area contributed by atoms with Crippen molar-refractivity contribution < 1.29 is 4.74 Å². The molecular formula is C16H27N3O. The summed E-state index contributed by atoms with van der Waals surface area (Å²) in [5.74, 6) is 0.934. The van der Waals surface area contributed by atoms with Crippen LogP contribution in [-0.2, 0) is 0 Å². The molecule has 1 aromatic rings. The van der Waals surface area contributed by atoms with Gasteiger partial charge in [-0.3, -0.25) is 4.68 Å². The van der Waals surface area contributed by atoms with Gasteiger partial charge in [-0.05, 0) is 33.7 Å². The summed E-state index contributed by atoms with van der Waals surface area (Å²) in [7, 11) is 2.09. The Labute approximate surface area is 121 Å². The van der Waals surface area contributed by atoms with Crippen LogP contribution in [0.25, 0.3) is 0 Å². The minimum atomic E-state index is 0.366. The van der Waals surface area contributed by atoms with Crippen molar-refractivity contribution in [2.45, 2.75) is 70.6 Å². The van der Waals surface area contributed by atoms with Gasteiger partial charge in [-0.1, -0.05) is 19.3 Å². The summed E-state index contributed by atoms with van der Waals surface area (Å²) < 4.78 is 8.25. The van der Waals surface area contributed by atoms with E-state index in [2.05, 4.69) is 31.3 Å². The summed E-state index contributed by atoms with van der Waals surface area (Å²) in [6.45, 7) is 4.28. The molecule has 0 aromatic carbocycles. The van der Waals surface area contributed by atoms with E-state index in [9.17, 15) is 0 Å². The molecule has 3 rings (SSSR count). The first-order chi connectivity index (χ1) is 9.65. The Morgan fingerprint density at radius 2 is 2.10 bits per heavy atom. The molecule has 4 heteroatoms. The molecule has 0 aliphatic heterocycles. The summed E-state index contributed by atoms with van der Waals surface area (Å²) >= 11 is 0. The smallest absolute Gasteiger partial charge is 0.157 e. The van der Waals surface area contributed by atoms with Crippen LogP contribution in [0.3, 0.4) is 0 Å². The fourth-order valence-corrected chi connectivity index (χ4v) is 4.03. The number of hydrogen-bond acceptors (Lipinski definition) is 3. The zero-order valence-corrected chi connectivity index (χ0v) is 12.9. The zero-order chi connectivity index (χ0) is 14.2. The quantitative estimate of drug-likeness (QED) is 0.919. The van der Waals surface area contributed by atoms with Crippen LogP contribution in [0.1, 0.15) is 58.4 Å². The molecule has 1 aromatic heterocycles. The van der Waals surface area contributed by atoms with E-state index in [1.54, 1.807) is 0 Å². The summed E-state index contributed by atoms with van der Waals surface area (Å²) in [5, 5.41) is 7.88. The number of aromatic nitrogens is 2. The van der Waals surface area contributed by atoms with Crippen LogP contribution in [0.4, 0.5) is 0 Å². The molecule has 2 fully saturated rings. The SMILES string of the molecule is CNC1CC(Oc2cnn(C(C)C)c2)C12CCCCC2. The molecule has 0 saturated heterocycles. The molecule has 0 amide bonds. The van der Waals surface area contributed by atoms with Crippen molar-refractivity contribution in [1.29, 1.82) is 0 Å². The van der Waals surface area contributed by atoms with Gasteiger partial charge in [0.1, 0.15) is 6.10 Å². The van der Waals surface area contributed by atoms with Crippen LogP contribution in [0.15, 0.2) is 12.4 Å². The van der Waals surface area contributed by atoms with Crippen molar-refractivity contribution in [3.05, 3.63) is 12.4 Å². The highest BCUT2D eigenvalue weighted by Gasteiger charge is 2.55. The Hall–Kier alpha value is -1.03. The summed E-state index contributed by atoms with van der Waals surface area (Å²) in [4.78, 5) is 0. The monoisotopic (exact) mass is 277 g/mol. The molecule has 2 aliphatic rings. The lowest BCUT2D eigenvalue weighted by atomic mass is 9.55. The third-order valence-corrected chi connectivity index (χ3v) is 5.30. The molecule has 112 valence electrons. The van der Waals surface area contributed by atoms with Crippen LogP contribution >= 0.6 is 0 Å². The molecule has 1 spiro atoms. The normalized spacial score (nSPS) is 28.6. The van der Waals surface area contributed by atoms with E-state index in [0.717, 1.165) is 12.2 Å². The summed E-state index contributed by atoms with van der Waals surface area (Å²) in [6.07, 6.45) is 12.1. The Bertz CT molecular complexity index is 448.